The third kappa shape index (κ3) is 7.34. The number of allylic oxidation sites excluding steroid dienone is 4. The molecule has 0 fully saturated rings. The van der Waals surface area contributed by atoms with Gasteiger partial charge in [-0.15, -0.1) is 24.8 Å². The Bertz CT molecular complexity index is 1730. The van der Waals surface area contributed by atoms with E-state index in [1.807, 2.05) is 0 Å². The SMILES string of the molecule is CC1C=C(C(C)(C)C)C=[C]1[Zr](=[C](c1ccccc1)c1ccccc1)[CH]1c2ccc(C(C)(C)C)cc2-c2cc(C(C)(C)C)ccc21.Cl.Cl. The average molecular weight is 743 g/mol. The van der Waals surface area contributed by atoms with Crippen molar-refractivity contribution in [3.63, 3.8) is 0 Å². The molecule has 1 unspecified atom stereocenters. The van der Waals surface area contributed by atoms with E-state index in [9.17, 15) is 0 Å². The molecule has 0 nitrogen and oxygen atoms in total. The summed E-state index contributed by atoms with van der Waals surface area (Å²) in [5.41, 5.74) is 13.4. The molecule has 0 bridgehead atoms. The van der Waals surface area contributed by atoms with Crippen LogP contribution < -0.4 is 0 Å². The molecule has 47 heavy (non-hydrogen) atoms. The van der Waals surface area contributed by atoms with Crippen LogP contribution in [0.25, 0.3) is 11.1 Å². The third-order valence-corrected chi connectivity index (χ3v) is 18.5. The summed E-state index contributed by atoms with van der Waals surface area (Å²) >= 11 is -2.82. The molecule has 3 heteroatoms. The van der Waals surface area contributed by atoms with Gasteiger partial charge in [-0.25, -0.2) is 0 Å². The zero-order chi connectivity index (χ0) is 32.3. The third-order valence-electron chi connectivity index (χ3n) is 9.84. The fourth-order valence-electron chi connectivity index (χ4n) is 7.13. The molecule has 0 aromatic heterocycles. The predicted octanol–water partition coefficient (Wildman–Crippen LogP) is 12.6. The van der Waals surface area contributed by atoms with Crippen LogP contribution in [0.5, 0.6) is 0 Å². The Hall–Kier alpha value is -2.31. The quantitative estimate of drug-likeness (QED) is 0.195. The van der Waals surface area contributed by atoms with E-state index in [1.54, 1.807) is 17.6 Å². The van der Waals surface area contributed by atoms with Gasteiger partial charge in [-0.1, -0.05) is 0 Å². The monoisotopic (exact) mass is 740 g/mol. The summed E-state index contributed by atoms with van der Waals surface area (Å²) in [5.74, 6) is 0.436. The second kappa shape index (κ2) is 13.9. The zero-order valence-corrected chi connectivity index (χ0v) is 34.0. The Labute approximate surface area is 304 Å². The number of hydrogen-bond donors (Lipinski definition) is 0. The van der Waals surface area contributed by atoms with Crippen molar-refractivity contribution in [1.29, 1.82) is 0 Å². The number of hydrogen-bond acceptors (Lipinski definition) is 0. The van der Waals surface area contributed by atoms with Crippen molar-refractivity contribution in [3.05, 3.63) is 151 Å². The predicted molar refractivity (Wildman–Crippen MR) is 206 cm³/mol. The van der Waals surface area contributed by atoms with Crippen molar-refractivity contribution in [2.45, 2.75) is 83.7 Å². The van der Waals surface area contributed by atoms with Crippen molar-refractivity contribution in [3.8, 4) is 11.1 Å². The Kier molecular flexibility index (Phi) is 11.1. The summed E-state index contributed by atoms with van der Waals surface area (Å²) in [4.78, 5) is 0. The van der Waals surface area contributed by atoms with Gasteiger partial charge in [0.05, 0.1) is 0 Å². The minimum Gasteiger partial charge on any atom is -0.147 e. The first-order valence-electron chi connectivity index (χ1n) is 16.7. The smallest absolute Gasteiger partial charge is 0.147 e. The van der Waals surface area contributed by atoms with Crippen molar-refractivity contribution in [2.75, 3.05) is 0 Å². The first-order valence-corrected chi connectivity index (χ1v) is 20.6. The van der Waals surface area contributed by atoms with E-state index >= 15 is 0 Å². The number of benzene rings is 4. The molecule has 0 saturated carbocycles. The molecule has 2 aliphatic rings. The number of fused-ring (bicyclic) bond motifs is 3. The van der Waals surface area contributed by atoms with E-state index in [2.05, 4.69) is 178 Å². The largest absolute Gasteiger partial charge is 0.147 e. The number of rotatable bonds is 4. The molecule has 0 amide bonds. The molecular formula is C44H52Cl2Zr. The van der Waals surface area contributed by atoms with Crippen LogP contribution in [0.1, 0.15) is 106 Å². The molecule has 0 heterocycles. The van der Waals surface area contributed by atoms with E-state index in [4.69, 9.17) is 0 Å². The Morgan fingerprint density at radius 2 is 0.979 bits per heavy atom. The van der Waals surface area contributed by atoms with Gasteiger partial charge in [-0.3, -0.25) is 0 Å². The minimum absolute atomic E-state index is 0. The molecular weight excluding hydrogens is 691 g/mol. The van der Waals surface area contributed by atoms with Gasteiger partial charge in [-0.05, 0) is 0 Å². The molecule has 0 saturated heterocycles. The summed E-state index contributed by atoms with van der Waals surface area (Å²) in [7, 11) is 0. The van der Waals surface area contributed by atoms with Crippen LogP contribution in [0.2, 0.25) is 0 Å². The van der Waals surface area contributed by atoms with Crippen molar-refractivity contribution in [1.82, 2.24) is 0 Å². The molecule has 0 aliphatic heterocycles. The Morgan fingerprint density at radius 3 is 1.34 bits per heavy atom. The van der Waals surface area contributed by atoms with Gasteiger partial charge in [0.1, 0.15) is 0 Å². The molecule has 0 radical (unpaired) electrons. The Morgan fingerprint density at radius 1 is 0.553 bits per heavy atom. The molecule has 4 aromatic rings. The topological polar surface area (TPSA) is 0 Å². The second-order valence-corrected chi connectivity index (χ2v) is 22.4. The van der Waals surface area contributed by atoms with E-state index in [0.29, 0.717) is 9.54 Å². The van der Waals surface area contributed by atoms with Gasteiger partial charge < -0.3 is 0 Å². The van der Waals surface area contributed by atoms with Gasteiger partial charge >= 0.3 is 282 Å². The van der Waals surface area contributed by atoms with E-state index < -0.39 is 21.3 Å². The summed E-state index contributed by atoms with van der Waals surface area (Å²) in [5, 5.41) is 0. The maximum atomic E-state index is 2.65. The second-order valence-electron chi connectivity index (χ2n) is 16.3. The average Bonchev–Trinajstić information content (AvgIpc) is 3.53. The van der Waals surface area contributed by atoms with Gasteiger partial charge in [0, 0.05) is 0 Å². The summed E-state index contributed by atoms with van der Waals surface area (Å²) in [6.45, 7) is 23.6. The standard InChI is InChI=1S/C21H25.C13H10.C10H15.2ClH.Zr/c1-20(2,3)16-9-7-14-11-15-8-10-17(21(4,5)6)13-19(15)18(14)12-16;1-3-7-12(8-4-1)11-13-9-5-2-6-10-13;1-8-5-6-9(7-8)10(2,3)4;;;/h7-13H,1-6H3;1-10H;6-8H,1-4H3;2*1H;. The summed E-state index contributed by atoms with van der Waals surface area (Å²) in [6, 6.07) is 37.7. The molecule has 6 rings (SSSR count). The van der Waals surface area contributed by atoms with Gasteiger partial charge in [0.2, 0.25) is 0 Å². The van der Waals surface area contributed by atoms with E-state index in [-0.39, 0.29) is 41.1 Å². The first-order chi connectivity index (χ1) is 21.1. The fraction of sp³-hybridized carbons (Fsp3) is 0.341. The van der Waals surface area contributed by atoms with Crippen molar-refractivity contribution in [2.24, 2.45) is 11.3 Å². The molecule has 0 spiro atoms. The molecule has 246 valence electrons. The zero-order valence-electron chi connectivity index (χ0n) is 29.9. The van der Waals surface area contributed by atoms with E-state index in [0.717, 1.165) is 0 Å². The normalized spacial score (nSPS) is 15.9. The maximum Gasteiger partial charge on any atom is -0.147 e. The van der Waals surface area contributed by atoms with E-state index in [1.165, 1.54) is 39.0 Å². The molecule has 2 aliphatic carbocycles. The summed E-state index contributed by atoms with van der Waals surface area (Å²) < 4.78 is 3.73. The molecule has 0 N–H and O–H groups in total. The maximum absolute atomic E-state index is 2.82. The fourth-order valence-corrected chi connectivity index (χ4v) is 16.7. The minimum atomic E-state index is -2.82. The first kappa shape index (κ1) is 37.5. The van der Waals surface area contributed by atoms with Crippen LogP contribution in [0.15, 0.2) is 118 Å². The summed E-state index contributed by atoms with van der Waals surface area (Å²) in [6.07, 6.45) is 5.22. The van der Waals surface area contributed by atoms with Gasteiger partial charge in [0.25, 0.3) is 0 Å². The molecule has 1 atom stereocenters. The molecule has 4 aromatic carbocycles. The van der Waals surface area contributed by atoms with Crippen LogP contribution in [-0.2, 0) is 32.1 Å². The van der Waals surface area contributed by atoms with Crippen LogP contribution in [0, 0.1) is 11.3 Å². The van der Waals surface area contributed by atoms with Crippen LogP contribution in [-0.4, -0.2) is 3.21 Å². The van der Waals surface area contributed by atoms with Gasteiger partial charge in [-0.2, -0.15) is 0 Å². The van der Waals surface area contributed by atoms with Gasteiger partial charge in [0.15, 0.2) is 0 Å². The van der Waals surface area contributed by atoms with Crippen LogP contribution >= 0.6 is 24.8 Å². The van der Waals surface area contributed by atoms with Crippen molar-refractivity contribution < 1.29 is 21.3 Å². The number of halogens is 2. The van der Waals surface area contributed by atoms with Crippen LogP contribution in [0.4, 0.5) is 0 Å². The Balaban J connectivity index is 0.00000250. The van der Waals surface area contributed by atoms with Crippen molar-refractivity contribution >= 4 is 28.0 Å². The van der Waals surface area contributed by atoms with Crippen LogP contribution in [0.3, 0.4) is 0 Å².